The highest BCUT2D eigenvalue weighted by Crippen LogP contribution is 2.55. The summed E-state index contributed by atoms with van der Waals surface area (Å²) >= 11 is 0. The van der Waals surface area contributed by atoms with E-state index < -0.39 is 0 Å². The molecule has 0 aromatic heterocycles. The summed E-state index contributed by atoms with van der Waals surface area (Å²) in [6.45, 7) is 11.7. The third-order valence-corrected chi connectivity index (χ3v) is 7.89. The van der Waals surface area contributed by atoms with E-state index >= 15 is 0 Å². The van der Waals surface area contributed by atoms with Crippen molar-refractivity contribution in [2.45, 2.75) is 24.9 Å². The Morgan fingerprint density at radius 3 is 1.51 bits per heavy atom. The first-order valence-corrected chi connectivity index (χ1v) is 15.2. The zero-order chi connectivity index (χ0) is 29.3. The van der Waals surface area contributed by atoms with Crippen LogP contribution in [0.3, 0.4) is 0 Å². The van der Waals surface area contributed by atoms with Gasteiger partial charge in [-0.3, -0.25) is 4.90 Å². The molecule has 0 spiro atoms. The van der Waals surface area contributed by atoms with Crippen molar-refractivity contribution in [3.8, 4) is 0 Å². The minimum atomic E-state index is -0.112. The van der Waals surface area contributed by atoms with Crippen molar-refractivity contribution >= 4 is 12.4 Å². The van der Waals surface area contributed by atoms with Gasteiger partial charge < -0.3 is 37.9 Å². The number of halogens is 1. The Hall–Kier alpha value is -1.63. The fourth-order valence-electron chi connectivity index (χ4n) is 5.87. The summed E-state index contributed by atoms with van der Waals surface area (Å²) in [6, 6.07) is 18.2. The van der Waals surface area contributed by atoms with Crippen molar-refractivity contribution in [2.75, 3.05) is 113 Å². The second-order valence-electron chi connectivity index (χ2n) is 10.5. The van der Waals surface area contributed by atoms with Crippen LogP contribution in [-0.4, -0.2) is 118 Å². The summed E-state index contributed by atoms with van der Waals surface area (Å²) in [4.78, 5) is 2.63. The van der Waals surface area contributed by atoms with Gasteiger partial charge in [-0.2, -0.15) is 0 Å². The van der Waals surface area contributed by atoms with Crippen LogP contribution in [0.25, 0.3) is 0 Å². The predicted octanol–water partition coefficient (Wildman–Crippen LogP) is 4.05. The molecule has 2 aliphatic rings. The van der Waals surface area contributed by atoms with Crippen molar-refractivity contribution in [3.63, 3.8) is 0 Å². The number of ether oxygens (including phenoxy) is 8. The molecule has 2 aliphatic heterocycles. The smallest absolute Gasteiger partial charge is 0.0701 e. The minimum Gasteiger partial charge on any atom is -0.382 e. The Morgan fingerprint density at radius 2 is 1.00 bits per heavy atom. The number of benzene rings is 2. The Kier molecular flexibility index (Phi) is 17.0. The van der Waals surface area contributed by atoms with E-state index in [0.29, 0.717) is 105 Å². The molecule has 2 bridgehead atoms. The van der Waals surface area contributed by atoms with Crippen LogP contribution in [0, 0.1) is 0 Å². The lowest BCUT2D eigenvalue weighted by molar-refractivity contribution is -0.0238. The normalized spacial score (nSPS) is 18.8. The molecule has 0 saturated carbocycles. The highest BCUT2D eigenvalue weighted by molar-refractivity contribution is 5.85. The molecule has 43 heavy (non-hydrogen) atoms. The largest absolute Gasteiger partial charge is 0.382 e. The maximum absolute atomic E-state index is 5.97. The van der Waals surface area contributed by atoms with E-state index in [1.807, 2.05) is 0 Å². The molecular weight excluding hydrogens is 574 g/mol. The molecule has 9 nitrogen and oxygen atoms in total. The van der Waals surface area contributed by atoms with Gasteiger partial charge in [0.05, 0.1) is 105 Å². The van der Waals surface area contributed by atoms with Crippen LogP contribution in [0.15, 0.2) is 48.5 Å². The van der Waals surface area contributed by atoms with Crippen LogP contribution in [0.5, 0.6) is 0 Å². The summed E-state index contributed by atoms with van der Waals surface area (Å²) in [6.07, 6.45) is 1.05. The van der Waals surface area contributed by atoms with Gasteiger partial charge in [0.1, 0.15) is 0 Å². The fraction of sp³-hybridized carbons (Fsp3) is 0.636. The van der Waals surface area contributed by atoms with Crippen molar-refractivity contribution in [1.82, 2.24) is 4.90 Å². The van der Waals surface area contributed by atoms with Gasteiger partial charge in [0, 0.05) is 19.7 Å². The SMILES string of the molecule is COCCOCCOCCOCCOCCOCCOCCOCCN1[C@@H]2Cc3ccccc3[C@@]1(C)c1ccccc12.Cl. The highest BCUT2D eigenvalue weighted by atomic mass is 35.5. The van der Waals surface area contributed by atoms with Gasteiger partial charge in [-0.25, -0.2) is 0 Å². The number of fused-ring (bicyclic) bond motifs is 7. The van der Waals surface area contributed by atoms with Crippen LogP contribution in [0.4, 0.5) is 0 Å². The quantitative estimate of drug-likeness (QED) is 0.161. The van der Waals surface area contributed by atoms with Gasteiger partial charge in [0.15, 0.2) is 0 Å². The zero-order valence-corrected chi connectivity index (χ0v) is 26.7. The average molecular weight is 624 g/mol. The molecule has 2 aromatic rings. The number of hydrogen-bond acceptors (Lipinski definition) is 9. The van der Waals surface area contributed by atoms with E-state index in [0.717, 1.165) is 13.0 Å². The van der Waals surface area contributed by atoms with Gasteiger partial charge in [-0.1, -0.05) is 48.5 Å². The third-order valence-electron chi connectivity index (χ3n) is 7.89. The molecule has 10 heteroatoms. The molecular formula is C33H50ClNO8. The lowest BCUT2D eigenvalue weighted by atomic mass is 9.80. The number of nitrogens with zero attached hydrogens (tertiary/aromatic N) is 1. The molecule has 0 fully saturated rings. The maximum atomic E-state index is 5.97. The Labute approximate surface area is 263 Å². The summed E-state index contributed by atoms with van der Waals surface area (Å²) in [5.74, 6) is 0. The molecule has 242 valence electrons. The van der Waals surface area contributed by atoms with E-state index in [1.54, 1.807) is 7.11 Å². The molecule has 2 heterocycles. The number of hydrogen-bond donors (Lipinski definition) is 0. The van der Waals surface area contributed by atoms with Gasteiger partial charge in [-0.15, -0.1) is 12.4 Å². The lowest BCUT2D eigenvalue weighted by Crippen LogP contribution is -2.47. The van der Waals surface area contributed by atoms with Gasteiger partial charge >= 0.3 is 0 Å². The second-order valence-corrected chi connectivity index (χ2v) is 10.5. The number of methoxy groups -OCH3 is 1. The van der Waals surface area contributed by atoms with Crippen LogP contribution in [-0.2, 0) is 49.9 Å². The topological polar surface area (TPSA) is 77.1 Å². The van der Waals surface area contributed by atoms with Crippen molar-refractivity contribution < 1.29 is 37.9 Å². The minimum absolute atomic E-state index is 0. The molecule has 4 rings (SSSR count). The Balaban J connectivity index is 0.00000506. The first kappa shape index (κ1) is 35.8. The monoisotopic (exact) mass is 623 g/mol. The lowest BCUT2D eigenvalue weighted by Gasteiger charge is -2.44. The molecule has 0 aliphatic carbocycles. The summed E-state index contributed by atoms with van der Waals surface area (Å²) < 4.78 is 43.9. The standard InChI is InChI=1S/C33H49NO8.ClH/c1-33-30-9-5-3-7-28(30)27-32(29-8-4-6-10-31(29)33)34(33)11-12-36-15-16-38-19-20-40-23-24-42-26-25-41-22-21-39-18-17-37-14-13-35-2;/h3-10,32H,11-27H2,1-2H3;1H/t32-,33+;/m1./s1. The van der Waals surface area contributed by atoms with Crippen LogP contribution in [0.1, 0.15) is 35.2 Å². The first-order valence-electron chi connectivity index (χ1n) is 15.2. The van der Waals surface area contributed by atoms with Gasteiger partial charge in [-0.05, 0) is 35.6 Å². The zero-order valence-electron chi connectivity index (χ0n) is 25.8. The Morgan fingerprint density at radius 1 is 0.581 bits per heavy atom. The molecule has 2 atom stereocenters. The summed E-state index contributed by atoms with van der Waals surface area (Å²) in [5, 5.41) is 0. The van der Waals surface area contributed by atoms with E-state index in [1.165, 1.54) is 22.3 Å². The van der Waals surface area contributed by atoms with Crippen LogP contribution >= 0.6 is 12.4 Å². The van der Waals surface area contributed by atoms with Crippen molar-refractivity contribution in [2.24, 2.45) is 0 Å². The van der Waals surface area contributed by atoms with E-state index in [4.69, 9.17) is 37.9 Å². The fourth-order valence-corrected chi connectivity index (χ4v) is 5.87. The average Bonchev–Trinajstić information content (AvgIpc) is 3.18. The van der Waals surface area contributed by atoms with E-state index in [9.17, 15) is 0 Å². The number of rotatable bonds is 24. The van der Waals surface area contributed by atoms with Gasteiger partial charge in [0.25, 0.3) is 0 Å². The van der Waals surface area contributed by atoms with Crippen LogP contribution in [0.2, 0.25) is 0 Å². The predicted molar refractivity (Wildman–Crippen MR) is 167 cm³/mol. The first-order chi connectivity index (χ1) is 20.8. The van der Waals surface area contributed by atoms with Crippen LogP contribution < -0.4 is 0 Å². The second kappa shape index (κ2) is 20.4. The Bertz CT molecular complexity index is 1020. The molecule has 0 saturated heterocycles. The highest BCUT2D eigenvalue weighted by Gasteiger charge is 2.51. The van der Waals surface area contributed by atoms with Crippen molar-refractivity contribution in [1.29, 1.82) is 0 Å². The molecule has 0 unspecified atom stereocenters. The maximum Gasteiger partial charge on any atom is 0.0701 e. The third kappa shape index (κ3) is 10.5. The van der Waals surface area contributed by atoms with Crippen molar-refractivity contribution in [3.05, 3.63) is 70.8 Å². The molecule has 2 aromatic carbocycles. The van der Waals surface area contributed by atoms with Gasteiger partial charge in [0.2, 0.25) is 0 Å². The molecule has 0 N–H and O–H groups in total. The van der Waals surface area contributed by atoms with E-state index in [-0.39, 0.29) is 17.9 Å². The summed E-state index contributed by atoms with van der Waals surface area (Å²) in [5.41, 5.74) is 5.66. The molecule has 0 radical (unpaired) electrons. The summed E-state index contributed by atoms with van der Waals surface area (Å²) in [7, 11) is 1.65. The molecule has 0 amide bonds. The van der Waals surface area contributed by atoms with E-state index in [2.05, 4.69) is 60.4 Å².